The number of nitrogens with zero attached hydrogens (tertiary/aromatic N) is 2. The van der Waals surface area contributed by atoms with Crippen molar-refractivity contribution < 1.29 is 9.59 Å². The van der Waals surface area contributed by atoms with Crippen LogP contribution in [-0.4, -0.2) is 20.7 Å². The van der Waals surface area contributed by atoms with Crippen LogP contribution in [0.1, 0.15) is 27.0 Å². The molecule has 2 aromatic carbocycles. The molecule has 7 heteroatoms. The van der Waals surface area contributed by atoms with Crippen molar-refractivity contribution in [2.45, 2.75) is 6.54 Å². The molecular weight excluding hydrogens is 382 g/mol. The molecule has 0 spiro atoms. The maximum absolute atomic E-state index is 13.1. The molecule has 0 radical (unpaired) electrons. The van der Waals surface area contributed by atoms with Crippen LogP contribution in [-0.2, 0) is 25.4 Å². The van der Waals surface area contributed by atoms with Crippen molar-refractivity contribution in [2.75, 3.05) is 5.32 Å². The van der Waals surface area contributed by atoms with E-state index in [-0.39, 0.29) is 16.9 Å². The Morgan fingerprint density at radius 1 is 0.800 bits per heavy atom. The molecule has 0 bridgehead atoms. The van der Waals surface area contributed by atoms with E-state index in [2.05, 4.69) is 5.32 Å². The number of anilines is 1. The third-order valence-corrected chi connectivity index (χ3v) is 5.20. The predicted octanol–water partition coefficient (Wildman–Crippen LogP) is 1.89. The van der Waals surface area contributed by atoms with Crippen molar-refractivity contribution in [3.8, 4) is 0 Å². The average Bonchev–Trinajstić information content (AvgIpc) is 2.77. The first-order valence-corrected chi connectivity index (χ1v) is 9.38. The van der Waals surface area contributed by atoms with Gasteiger partial charge in [0.2, 0.25) is 11.6 Å². The van der Waals surface area contributed by atoms with E-state index in [0.29, 0.717) is 17.7 Å². The van der Waals surface area contributed by atoms with Crippen molar-refractivity contribution in [3.63, 3.8) is 0 Å². The molecule has 1 aliphatic rings. The lowest BCUT2D eigenvalue weighted by Gasteiger charge is -2.21. The van der Waals surface area contributed by atoms with E-state index >= 15 is 0 Å². The van der Waals surface area contributed by atoms with Crippen molar-refractivity contribution in [1.82, 2.24) is 9.13 Å². The number of hydrogen-bond acceptors (Lipinski definition) is 5. The molecule has 0 atom stereocenters. The second kappa shape index (κ2) is 7.44. The van der Waals surface area contributed by atoms with Gasteiger partial charge in [0.05, 0.1) is 5.56 Å². The summed E-state index contributed by atoms with van der Waals surface area (Å²) in [5.41, 5.74) is 1.14. The van der Waals surface area contributed by atoms with Gasteiger partial charge in [-0.25, -0.2) is 4.79 Å². The number of ketones is 2. The first-order chi connectivity index (χ1) is 14.4. The normalized spacial score (nSPS) is 13.1. The van der Waals surface area contributed by atoms with Crippen molar-refractivity contribution in [1.29, 1.82) is 0 Å². The number of allylic oxidation sites excluding steroid dienone is 1. The van der Waals surface area contributed by atoms with Gasteiger partial charge in [0.25, 0.3) is 5.56 Å². The number of Topliss-reactive ketones (excluding diaryl/α,β-unsaturated/α-hetero) is 1. The zero-order valence-corrected chi connectivity index (χ0v) is 16.5. The van der Waals surface area contributed by atoms with E-state index in [1.54, 1.807) is 31.3 Å². The van der Waals surface area contributed by atoms with Gasteiger partial charge in [0, 0.05) is 31.8 Å². The molecule has 0 fully saturated rings. The highest BCUT2D eigenvalue weighted by atomic mass is 16.2. The molecule has 0 unspecified atom stereocenters. The minimum absolute atomic E-state index is 0.170. The Morgan fingerprint density at radius 2 is 1.43 bits per heavy atom. The van der Waals surface area contributed by atoms with E-state index in [1.807, 2.05) is 30.3 Å². The molecule has 1 aromatic heterocycles. The fraction of sp³-hybridized carbons (Fsp3) is 0.130. The second-order valence-electron chi connectivity index (χ2n) is 7.07. The van der Waals surface area contributed by atoms with Crippen LogP contribution in [0, 0.1) is 0 Å². The lowest BCUT2D eigenvalue weighted by Crippen LogP contribution is -2.40. The Bertz CT molecular complexity index is 1330. The van der Waals surface area contributed by atoms with Gasteiger partial charge in [0.1, 0.15) is 5.82 Å². The van der Waals surface area contributed by atoms with Crippen LogP contribution in [0.2, 0.25) is 0 Å². The summed E-state index contributed by atoms with van der Waals surface area (Å²) in [6, 6.07) is 16.2. The topological polar surface area (TPSA) is 90.2 Å². The van der Waals surface area contributed by atoms with Gasteiger partial charge >= 0.3 is 5.69 Å². The summed E-state index contributed by atoms with van der Waals surface area (Å²) in [5, 5.41) is 3.17. The maximum atomic E-state index is 13.1. The maximum Gasteiger partial charge on any atom is 0.332 e. The number of aromatic nitrogens is 2. The largest absolute Gasteiger partial charge is 0.367 e. The van der Waals surface area contributed by atoms with Crippen LogP contribution >= 0.6 is 0 Å². The van der Waals surface area contributed by atoms with Crippen LogP contribution in [0.15, 0.2) is 70.3 Å². The standard InChI is InChI=1S/C23H19N3O4/c1-25-21(24-13-14-8-4-3-5-9-14)19(22(29)26(2)23(25)30)17-12-18(27)20(28)16-11-7-6-10-15(16)17/h3-12,24H,13H2,1-2H3. The Morgan fingerprint density at radius 3 is 2.13 bits per heavy atom. The molecule has 1 N–H and O–H groups in total. The number of carbonyl (C=O) groups is 2. The SMILES string of the molecule is Cn1c(NCc2ccccc2)c(C2=CC(=O)C(=O)c3ccccc32)c(=O)n(C)c1=O. The quantitative estimate of drug-likeness (QED) is 0.675. The summed E-state index contributed by atoms with van der Waals surface area (Å²) in [6.45, 7) is 0.371. The van der Waals surface area contributed by atoms with E-state index in [0.717, 1.165) is 10.1 Å². The summed E-state index contributed by atoms with van der Waals surface area (Å²) in [7, 11) is 2.94. The van der Waals surface area contributed by atoms with E-state index < -0.39 is 22.8 Å². The van der Waals surface area contributed by atoms with Gasteiger partial charge in [-0.1, -0.05) is 54.6 Å². The summed E-state index contributed by atoms with van der Waals surface area (Å²) < 4.78 is 2.33. The highest BCUT2D eigenvalue weighted by Crippen LogP contribution is 2.32. The van der Waals surface area contributed by atoms with Crippen LogP contribution in [0.3, 0.4) is 0 Å². The van der Waals surface area contributed by atoms with Crippen molar-refractivity contribution in [2.24, 2.45) is 14.1 Å². The molecule has 0 amide bonds. The smallest absolute Gasteiger partial charge is 0.332 e. The third-order valence-electron chi connectivity index (χ3n) is 5.20. The molecule has 0 saturated carbocycles. The summed E-state index contributed by atoms with van der Waals surface area (Å²) >= 11 is 0. The minimum atomic E-state index is -0.700. The molecule has 4 rings (SSSR count). The monoisotopic (exact) mass is 401 g/mol. The molecular formula is C23H19N3O4. The van der Waals surface area contributed by atoms with Crippen LogP contribution in [0.25, 0.3) is 5.57 Å². The molecule has 0 aliphatic heterocycles. The van der Waals surface area contributed by atoms with Crippen molar-refractivity contribution >= 4 is 23.0 Å². The number of rotatable bonds is 4. The number of benzene rings is 2. The number of carbonyl (C=O) groups excluding carboxylic acids is 2. The number of hydrogen-bond donors (Lipinski definition) is 1. The lowest BCUT2D eigenvalue weighted by molar-refractivity contribution is -0.111. The lowest BCUT2D eigenvalue weighted by atomic mass is 9.86. The molecule has 30 heavy (non-hydrogen) atoms. The van der Waals surface area contributed by atoms with E-state index in [1.165, 1.54) is 17.7 Å². The van der Waals surface area contributed by atoms with Crippen LogP contribution in [0.5, 0.6) is 0 Å². The summed E-state index contributed by atoms with van der Waals surface area (Å²) in [6.07, 6.45) is 1.18. The van der Waals surface area contributed by atoms with Gasteiger partial charge < -0.3 is 5.32 Å². The van der Waals surface area contributed by atoms with Gasteiger partial charge in [0.15, 0.2) is 0 Å². The average molecular weight is 401 g/mol. The van der Waals surface area contributed by atoms with Gasteiger partial charge in [-0.2, -0.15) is 0 Å². The summed E-state index contributed by atoms with van der Waals surface area (Å²) in [5.74, 6) is -1.03. The highest BCUT2D eigenvalue weighted by Gasteiger charge is 2.30. The van der Waals surface area contributed by atoms with Crippen molar-refractivity contribution in [3.05, 3.63) is 104 Å². The van der Waals surface area contributed by atoms with Gasteiger partial charge in [-0.3, -0.25) is 23.5 Å². The molecule has 1 aliphatic carbocycles. The zero-order valence-electron chi connectivity index (χ0n) is 16.5. The molecule has 7 nitrogen and oxygen atoms in total. The summed E-state index contributed by atoms with van der Waals surface area (Å²) in [4.78, 5) is 50.4. The third kappa shape index (κ3) is 3.10. The molecule has 3 aromatic rings. The fourth-order valence-corrected chi connectivity index (χ4v) is 3.61. The Hall–Kier alpha value is -4.00. The molecule has 1 heterocycles. The van der Waals surface area contributed by atoms with Crippen LogP contribution in [0.4, 0.5) is 5.82 Å². The molecule has 0 saturated heterocycles. The first-order valence-electron chi connectivity index (χ1n) is 9.38. The number of nitrogens with one attached hydrogen (secondary N) is 1. The molecule has 150 valence electrons. The minimum Gasteiger partial charge on any atom is -0.367 e. The van der Waals surface area contributed by atoms with Gasteiger partial charge in [-0.05, 0) is 17.2 Å². The Balaban J connectivity index is 1.95. The number of fused-ring (bicyclic) bond motifs is 1. The Kier molecular flexibility index (Phi) is 4.79. The fourth-order valence-electron chi connectivity index (χ4n) is 3.61. The highest BCUT2D eigenvalue weighted by molar-refractivity contribution is 6.51. The van der Waals surface area contributed by atoms with Crippen LogP contribution < -0.4 is 16.6 Å². The van der Waals surface area contributed by atoms with E-state index in [9.17, 15) is 19.2 Å². The zero-order chi connectivity index (χ0) is 21.4. The predicted molar refractivity (Wildman–Crippen MR) is 114 cm³/mol. The second-order valence-corrected chi connectivity index (χ2v) is 7.07. The van der Waals surface area contributed by atoms with Gasteiger partial charge in [-0.15, -0.1) is 0 Å². The first kappa shape index (κ1) is 19.3. The van der Waals surface area contributed by atoms with E-state index in [4.69, 9.17) is 0 Å². The Labute approximate surface area is 171 Å².